The van der Waals surface area contributed by atoms with E-state index in [-0.39, 0.29) is 5.78 Å². The van der Waals surface area contributed by atoms with Crippen molar-refractivity contribution in [3.63, 3.8) is 0 Å². The van der Waals surface area contributed by atoms with E-state index in [1.54, 1.807) is 11.3 Å². The van der Waals surface area contributed by atoms with E-state index in [1.165, 1.54) is 0 Å². The number of carbonyl (C=O) groups is 1. The molecule has 0 saturated heterocycles. The summed E-state index contributed by atoms with van der Waals surface area (Å²) < 4.78 is 6.96. The molecule has 0 aliphatic rings. The van der Waals surface area contributed by atoms with Crippen LogP contribution in [0.4, 0.5) is 0 Å². The van der Waals surface area contributed by atoms with Crippen LogP contribution in [0.2, 0.25) is 0 Å². The Hall–Kier alpha value is -2.98. The summed E-state index contributed by atoms with van der Waals surface area (Å²) in [5, 5.41) is 0.848. The van der Waals surface area contributed by atoms with E-state index in [2.05, 4.69) is 13.0 Å². The number of ketones is 1. The summed E-state index contributed by atoms with van der Waals surface area (Å²) in [6.07, 6.45) is 2.06. The van der Waals surface area contributed by atoms with Crippen molar-refractivity contribution in [2.45, 2.75) is 19.8 Å². The van der Waals surface area contributed by atoms with Gasteiger partial charge >= 0.3 is 0 Å². The van der Waals surface area contributed by atoms with Crippen molar-refractivity contribution in [2.75, 3.05) is 6.61 Å². The van der Waals surface area contributed by atoms with Crippen LogP contribution in [0.5, 0.6) is 5.75 Å². The van der Waals surface area contributed by atoms with Crippen LogP contribution in [-0.4, -0.2) is 17.4 Å². The number of carbonyl (C=O) groups excluding carboxylic acids is 1. The lowest BCUT2D eigenvalue weighted by Crippen LogP contribution is -2.05. The summed E-state index contributed by atoms with van der Waals surface area (Å²) in [5.74, 6) is 0.702. The number of aromatic nitrogens is 1. The first kappa shape index (κ1) is 18.4. The summed E-state index contributed by atoms with van der Waals surface area (Å²) in [6, 6.07) is 23.1. The first-order chi connectivity index (χ1) is 13.8. The van der Waals surface area contributed by atoms with Crippen LogP contribution in [-0.2, 0) is 0 Å². The second kappa shape index (κ2) is 8.36. The van der Waals surface area contributed by atoms with Gasteiger partial charge < -0.3 is 4.74 Å². The van der Waals surface area contributed by atoms with Crippen molar-refractivity contribution >= 4 is 27.3 Å². The number of benzene rings is 3. The maximum Gasteiger partial charge on any atom is 0.193 e. The van der Waals surface area contributed by atoms with Crippen molar-refractivity contribution in [3.8, 4) is 16.3 Å². The Balaban J connectivity index is 1.79. The maximum absolute atomic E-state index is 13.3. The predicted molar refractivity (Wildman–Crippen MR) is 115 cm³/mol. The standard InChI is InChI=1S/C24H21NO2S/c1-2-3-15-27-18-13-14-19(24-25-21-11-7-8-12-22(21)28-24)20(16-18)23(26)17-9-5-4-6-10-17/h4-14,16H,2-3,15H2,1H3. The molecular formula is C24H21NO2S. The minimum Gasteiger partial charge on any atom is -0.494 e. The normalized spacial score (nSPS) is 10.9. The average Bonchev–Trinajstić information content (AvgIpc) is 3.18. The smallest absolute Gasteiger partial charge is 0.193 e. The van der Waals surface area contributed by atoms with Gasteiger partial charge in [-0.3, -0.25) is 4.79 Å². The van der Waals surface area contributed by atoms with Gasteiger partial charge in [0.05, 0.1) is 16.8 Å². The SMILES string of the molecule is CCCCOc1ccc(-c2nc3ccccc3s2)c(C(=O)c2ccccc2)c1. The Labute approximate surface area is 168 Å². The number of nitrogens with zero attached hydrogens (tertiary/aromatic N) is 1. The fourth-order valence-corrected chi connectivity index (χ4v) is 4.06. The van der Waals surface area contributed by atoms with Crippen LogP contribution in [0.15, 0.2) is 72.8 Å². The fraction of sp³-hybridized carbons (Fsp3) is 0.167. The van der Waals surface area contributed by atoms with E-state index in [0.29, 0.717) is 17.7 Å². The molecule has 3 nitrogen and oxygen atoms in total. The number of hydrogen-bond donors (Lipinski definition) is 0. The fourth-order valence-electron chi connectivity index (χ4n) is 3.05. The molecule has 28 heavy (non-hydrogen) atoms. The molecule has 0 fully saturated rings. The van der Waals surface area contributed by atoms with Crippen LogP contribution in [0.25, 0.3) is 20.8 Å². The van der Waals surface area contributed by atoms with Gasteiger partial charge in [-0.1, -0.05) is 55.8 Å². The second-order valence-corrected chi connectivity index (χ2v) is 7.62. The number of thiazole rings is 1. The lowest BCUT2D eigenvalue weighted by atomic mass is 9.98. The topological polar surface area (TPSA) is 39.2 Å². The highest BCUT2D eigenvalue weighted by molar-refractivity contribution is 7.21. The summed E-state index contributed by atoms with van der Waals surface area (Å²) in [6.45, 7) is 2.78. The van der Waals surface area contributed by atoms with E-state index in [0.717, 1.165) is 39.4 Å². The monoisotopic (exact) mass is 387 g/mol. The highest BCUT2D eigenvalue weighted by Crippen LogP contribution is 2.34. The minimum atomic E-state index is -0.0178. The number of rotatable bonds is 7. The third-order valence-corrected chi connectivity index (χ3v) is 5.63. The summed E-state index contributed by atoms with van der Waals surface area (Å²) >= 11 is 1.60. The highest BCUT2D eigenvalue weighted by Gasteiger charge is 2.18. The molecule has 140 valence electrons. The lowest BCUT2D eigenvalue weighted by Gasteiger charge is -2.11. The molecule has 4 heteroatoms. The molecule has 0 amide bonds. The van der Waals surface area contributed by atoms with Gasteiger partial charge in [0.15, 0.2) is 5.78 Å². The molecule has 0 bridgehead atoms. The quantitative estimate of drug-likeness (QED) is 0.273. The lowest BCUT2D eigenvalue weighted by molar-refractivity contribution is 0.103. The van der Waals surface area contributed by atoms with Crippen molar-refractivity contribution in [3.05, 3.63) is 83.9 Å². The van der Waals surface area contributed by atoms with E-state index >= 15 is 0 Å². The molecule has 0 unspecified atom stereocenters. The van der Waals surface area contributed by atoms with E-state index < -0.39 is 0 Å². The number of fused-ring (bicyclic) bond motifs is 1. The Morgan fingerprint density at radius 1 is 1.00 bits per heavy atom. The van der Waals surface area contributed by atoms with E-state index in [4.69, 9.17) is 9.72 Å². The molecule has 3 aromatic carbocycles. The third kappa shape index (κ3) is 3.82. The zero-order valence-electron chi connectivity index (χ0n) is 15.7. The Kier molecular flexibility index (Phi) is 5.49. The molecule has 0 spiro atoms. The van der Waals surface area contributed by atoms with Crippen LogP contribution >= 0.6 is 11.3 Å². The Morgan fingerprint density at radius 3 is 2.57 bits per heavy atom. The predicted octanol–water partition coefficient (Wildman–Crippen LogP) is 6.37. The average molecular weight is 388 g/mol. The summed E-state index contributed by atoms with van der Waals surface area (Å²) in [4.78, 5) is 18.0. The minimum absolute atomic E-state index is 0.0178. The van der Waals surface area contributed by atoms with Gasteiger partial charge in [0.2, 0.25) is 0 Å². The molecule has 0 saturated carbocycles. The molecule has 0 aliphatic heterocycles. The zero-order valence-corrected chi connectivity index (χ0v) is 16.5. The third-order valence-electron chi connectivity index (χ3n) is 4.56. The first-order valence-corrected chi connectivity index (χ1v) is 10.3. The largest absolute Gasteiger partial charge is 0.494 e. The van der Waals surface area contributed by atoms with Crippen molar-refractivity contribution in [2.24, 2.45) is 0 Å². The first-order valence-electron chi connectivity index (χ1n) is 9.49. The molecule has 4 rings (SSSR count). The van der Waals surface area contributed by atoms with Gasteiger partial charge in [-0.2, -0.15) is 0 Å². The molecule has 1 aromatic heterocycles. The van der Waals surface area contributed by atoms with Gasteiger partial charge in [0.25, 0.3) is 0 Å². The van der Waals surface area contributed by atoms with Gasteiger partial charge in [-0.25, -0.2) is 4.98 Å². The molecule has 1 heterocycles. The Bertz CT molecular complexity index is 1070. The number of unbranched alkanes of at least 4 members (excludes halogenated alkanes) is 1. The summed E-state index contributed by atoms with van der Waals surface area (Å²) in [5.41, 5.74) is 3.08. The molecule has 0 atom stereocenters. The second-order valence-electron chi connectivity index (χ2n) is 6.59. The molecule has 4 aromatic rings. The van der Waals surface area contributed by atoms with Gasteiger partial charge in [0.1, 0.15) is 10.8 Å². The van der Waals surface area contributed by atoms with Crippen molar-refractivity contribution in [1.82, 2.24) is 4.98 Å². The van der Waals surface area contributed by atoms with Gasteiger partial charge in [-0.15, -0.1) is 11.3 Å². The molecule has 0 radical (unpaired) electrons. The molecular weight excluding hydrogens is 366 g/mol. The van der Waals surface area contributed by atoms with Gasteiger partial charge in [-0.05, 0) is 36.8 Å². The van der Waals surface area contributed by atoms with E-state index in [1.807, 2.05) is 66.7 Å². The van der Waals surface area contributed by atoms with E-state index in [9.17, 15) is 4.79 Å². The highest BCUT2D eigenvalue weighted by atomic mass is 32.1. The van der Waals surface area contributed by atoms with Crippen LogP contribution in [0, 0.1) is 0 Å². The van der Waals surface area contributed by atoms with Crippen LogP contribution in [0.1, 0.15) is 35.7 Å². The number of ether oxygens (including phenoxy) is 1. The van der Waals surface area contributed by atoms with Crippen LogP contribution in [0.3, 0.4) is 0 Å². The van der Waals surface area contributed by atoms with Gasteiger partial charge in [0, 0.05) is 16.7 Å². The Morgan fingerprint density at radius 2 is 1.79 bits per heavy atom. The number of para-hydroxylation sites is 1. The van der Waals surface area contributed by atoms with Crippen LogP contribution < -0.4 is 4.74 Å². The molecule has 0 N–H and O–H groups in total. The number of hydrogen-bond acceptors (Lipinski definition) is 4. The zero-order chi connectivity index (χ0) is 19.3. The maximum atomic E-state index is 13.3. The molecule has 0 aliphatic carbocycles. The van der Waals surface area contributed by atoms with Crippen molar-refractivity contribution < 1.29 is 9.53 Å². The van der Waals surface area contributed by atoms with Crippen molar-refractivity contribution in [1.29, 1.82) is 0 Å². The summed E-state index contributed by atoms with van der Waals surface area (Å²) in [7, 11) is 0.